The molecule has 2 heterocycles. The first-order valence-corrected chi connectivity index (χ1v) is 9.06. The van der Waals surface area contributed by atoms with E-state index in [4.69, 9.17) is 4.74 Å². The quantitative estimate of drug-likeness (QED) is 0.769. The van der Waals surface area contributed by atoms with Gasteiger partial charge in [0.05, 0.1) is 13.0 Å². The van der Waals surface area contributed by atoms with Gasteiger partial charge in [-0.25, -0.2) is 0 Å². The number of ether oxygens (including phenoxy) is 1. The van der Waals surface area contributed by atoms with Crippen LogP contribution in [0.5, 0.6) is 0 Å². The second-order valence-electron chi connectivity index (χ2n) is 6.79. The van der Waals surface area contributed by atoms with E-state index in [2.05, 4.69) is 45.9 Å². The van der Waals surface area contributed by atoms with Gasteiger partial charge in [0.25, 0.3) is 0 Å². The van der Waals surface area contributed by atoms with Crippen LogP contribution in [0.15, 0.2) is 24.3 Å². The Bertz CT molecular complexity index is 555. The van der Waals surface area contributed by atoms with Gasteiger partial charge in [-0.1, -0.05) is 25.1 Å². The molecule has 3 rings (SSSR count). The second-order valence-corrected chi connectivity index (χ2v) is 6.79. The van der Waals surface area contributed by atoms with Gasteiger partial charge in [-0.05, 0) is 31.1 Å². The van der Waals surface area contributed by atoms with Crippen LogP contribution in [-0.4, -0.2) is 68.7 Å². The number of anilines is 1. The average Bonchev–Trinajstić information content (AvgIpc) is 3.10. The van der Waals surface area contributed by atoms with E-state index >= 15 is 0 Å². The van der Waals surface area contributed by atoms with Crippen LogP contribution in [0.25, 0.3) is 0 Å². The Hall–Kier alpha value is -1.59. The summed E-state index contributed by atoms with van der Waals surface area (Å²) in [6.07, 6.45) is 0.907. The number of methoxy groups -OCH3 is 1. The summed E-state index contributed by atoms with van der Waals surface area (Å²) in [6.45, 7) is 10.5. The van der Waals surface area contributed by atoms with Gasteiger partial charge in [-0.2, -0.15) is 0 Å². The molecule has 0 aliphatic carbocycles. The zero-order valence-corrected chi connectivity index (χ0v) is 14.9. The molecule has 0 aromatic heterocycles. The van der Waals surface area contributed by atoms with E-state index in [9.17, 15) is 4.79 Å². The number of likely N-dealkylation sites (tertiary alicyclic amines) is 1. The maximum absolute atomic E-state index is 11.7. The van der Waals surface area contributed by atoms with E-state index in [-0.39, 0.29) is 11.9 Å². The van der Waals surface area contributed by atoms with Gasteiger partial charge >= 0.3 is 5.97 Å². The maximum Gasteiger partial charge on any atom is 0.310 e. The Labute approximate surface area is 145 Å². The number of carbonyl (C=O) groups excluding carboxylic acids is 1. The van der Waals surface area contributed by atoms with Crippen molar-refractivity contribution in [2.75, 3.05) is 57.8 Å². The third-order valence-electron chi connectivity index (χ3n) is 5.35. The van der Waals surface area contributed by atoms with E-state index in [0.717, 1.165) is 58.8 Å². The summed E-state index contributed by atoms with van der Waals surface area (Å²) in [4.78, 5) is 19.1. The largest absolute Gasteiger partial charge is 0.469 e. The topological polar surface area (TPSA) is 36.0 Å². The first kappa shape index (κ1) is 17.2. The van der Waals surface area contributed by atoms with Crippen molar-refractivity contribution in [2.45, 2.75) is 19.9 Å². The van der Waals surface area contributed by atoms with Crippen LogP contribution in [0.4, 0.5) is 5.69 Å². The van der Waals surface area contributed by atoms with Gasteiger partial charge < -0.3 is 14.5 Å². The van der Waals surface area contributed by atoms with Crippen molar-refractivity contribution < 1.29 is 9.53 Å². The SMILES string of the molecule is CCN1CCN(c2ccccc2CN2CC[C@@H](C(=O)OC)C2)CC1. The summed E-state index contributed by atoms with van der Waals surface area (Å²) >= 11 is 0. The first-order chi connectivity index (χ1) is 11.7. The standard InChI is InChI=1S/C19H29N3O2/c1-3-20-10-12-22(13-11-20)18-7-5-4-6-16(18)14-21-9-8-17(15-21)19(23)24-2/h4-7,17H,3,8-15H2,1-2H3/t17-/m1/s1. The molecule has 2 aliphatic rings. The molecule has 1 atom stereocenters. The average molecular weight is 331 g/mol. The molecule has 2 aliphatic heterocycles. The Kier molecular flexibility index (Phi) is 5.74. The Morgan fingerprint density at radius 2 is 1.88 bits per heavy atom. The lowest BCUT2D eigenvalue weighted by molar-refractivity contribution is -0.144. The molecule has 1 aromatic carbocycles. The van der Waals surface area contributed by atoms with Crippen molar-refractivity contribution >= 4 is 11.7 Å². The van der Waals surface area contributed by atoms with Crippen molar-refractivity contribution in [3.8, 4) is 0 Å². The summed E-state index contributed by atoms with van der Waals surface area (Å²) < 4.78 is 4.89. The van der Waals surface area contributed by atoms with Crippen LogP contribution >= 0.6 is 0 Å². The molecule has 132 valence electrons. The predicted molar refractivity (Wildman–Crippen MR) is 96.2 cm³/mol. The molecule has 5 nitrogen and oxygen atoms in total. The fourth-order valence-corrected chi connectivity index (χ4v) is 3.83. The number of nitrogens with zero attached hydrogens (tertiary/aromatic N) is 3. The van der Waals surface area contributed by atoms with Crippen molar-refractivity contribution in [1.29, 1.82) is 0 Å². The van der Waals surface area contributed by atoms with Crippen LogP contribution in [0.2, 0.25) is 0 Å². The molecule has 1 aromatic rings. The zero-order chi connectivity index (χ0) is 16.9. The molecule has 2 fully saturated rings. The highest BCUT2D eigenvalue weighted by molar-refractivity contribution is 5.72. The van der Waals surface area contributed by atoms with E-state index in [1.165, 1.54) is 18.4 Å². The minimum atomic E-state index is -0.0681. The number of rotatable bonds is 5. The van der Waals surface area contributed by atoms with Crippen LogP contribution < -0.4 is 4.90 Å². The van der Waals surface area contributed by atoms with Gasteiger partial charge in [0.1, 0.15) is 0 Å². The van der Waals surface area contributed by atoms with Crippen LogP contribution in [0.1, 0.15) is 18.9 Å². The number of likely N-dealkylation sites (N-methyl/N-ethyl adjacent to an activating group) is 1. The minimum Gasteiger partial charge on any atom is -0.469 e. The van der Waals surface area contributed by atoms with Gasteiger partial charge in [0.15, 0.2) is 0 Å². The molecule has 2 saturated heterocycles. The smallest absolute Gasteiger partial charge is 0.310 e. The van der Waals surface area contributed by atoms with Crippen molar-refractivity contribution in [2.24, 2.45) is 5.92 Å². The lowest BCUT2D eigenvalue weighted by Crippen LogP contribution is -2.46. The molecule has 0 N–H and O–H groups in total. The number of para-hydroxylation sites is 1. The van der Waals surface area contributed by atoms with E-state index in [1.54, 1.807) is 0 Å². The molecule has 0 bridgehead atoms. The summed E-state index contributed by atoms with van der Waals surface area (Å²) in [7, 11) is 1.48. The van der Waals surface area contributed by atoms with Gasteiger partial charge in [0, 0.05) is 45.0 Å². The lowest BCUT2D eigenvalue weighted by atomic mass is 10.1. The summed E-state index contributed by atoms with van der Waals surface area (Å²) in [5, 5.41) is 0. The van der Waals surface area contributed by atoms with Gasteiger partial charge in [0.2, 0.25) is 0 Å². The predicted octanol–water partition coefficient (Wildman–Crippen LogP) is 1.82. The van der Waals surface area contributed by atoms with Crippen LogP contribution in [0, 0.1) is 5.92 Å². The van der Waals surface area contributed by atoms with Crippen molar-refractivity contribution in [3.63, 3.8) is 0 Å². The Morgan fingerprint density at radius 1 is 1.12 bits per heavy atom. The number of hydrogen-bond acceptors (Lipinski definition) is 5. The number of hydrogen-bond donors (Lipinski definition) is 0. The third kappa shape index (κ3) is 3.90. The molecule has 0 unspecified atom stereocenters. The van der Waals surface area contributed by atoms with E-state index < -0.39 is 0 Å². The highest BCUT2D eigenvalue weighted by atomic mass is 16.5. The lowest BCUT2D eigenvalue weighted by Gasteiger charge is -2.36. The number of esters is 1. The third-order valence-corrected chi connectivity index (χ3v) is 5.35. The normalized spacial score (nSPS) is 22.8. The fraction of sp³-hybridized carbons (Fsp3) is 0.632. The molecular formula is C19H29N3O2. The van der Waals surface area contributed by atoms with Crippen molar-refractivity contribution in [3.05, 3.63) is 29.8 Å². The fourth-order valence-electron chi connectivity index (χ4n) is 3.83. The monoisotopic (exact) mass is 331 g/mol. The maximum atomic E-state index is 11.7. The molecule has 0 spiro atoms. The highest BCUT2D eigenvalue weighted by Gasteiger charge is 2.29. The minimum absolute atomic E-state index is 0.0373. The van der Waals surface area contributed by atoms with Crippen LogP contribution in [-0.2, 0) is 16.1 Å². The van der Waals surface area contributed by atoms with Crippen LogP contribution in [0.3, 0.4) is 0 Å². The molecule has 24 heavy (non-hydrogen) atoms. The molecule has 0 radical (unpaired) electrons. The van der Waals surface area contributed by atoms with Crippen molar-refractivity contribution in [1.82, 2.24) is 9.80 Å². The summed E-state index contributed by atoms with van der Waals surface area (Å²) in [6, 6.07) is 8.72. The Balaban J connectivity index is 1.64. The van der Waals surface area contributed by atoms with E-state index in [1.807, 2.05) is 0 Å². The Morgan fingerprint density at radius 3 is 2.58 bits per heavy atom. The zero-order valence-electron chi connectivity index (χ0n) is 14.9. The number of piperazine rings is 1. The first-order valence-electron chi connectivity index (χ1n) is 9.06. The van der Waals surface area contributed by atoms with Gasteiger partial charge in [-0.3, -0.25) is 9.69 Å². The molecular weight excluding hydrogens is 302 g/mol. The second kappa shape index (κ2) is 7.99. The molecule has 5 heteroatoms. The molecule has 0 amide bonds. The van der Waals surface area contributed by atoms with E-state index in [0.29, 0.717) is 0 Å². The number of carbonyl (C=O) groups is 1. The summed E-state index contributed by atoms with van der Waals surface area (Å²) in [5.41, 5.74) is 2.72. The molecule has 0 saturated carbocycles. The van der Waals surface area contributed by atoms with Gasteiger partial charge in [-0.15, -0.1) is 0 Å². The highest BCUT2D eigenvalue weighted by Crippen LogP contribution is 2.26. The number of benzene rings is 1. The summed E-state index contributed by atoms with van der Waals surface area (Å²) in [5.74, 6) is -0.0308.